The highest BCUT2D eigenvalue weighted by molar-refractivity contribution is 6.04. The average Bonchev–Trinajstić information content (AvgIpc) is 3.10. The molecule has 2 saturated carbocycles. The van der Waals surface area contributed by atoms with Crippen LogP contribution in [0.4, 0.5) is 0 Å². The molecule has 0 bridgehead atoms. The highest BCUT2D eigenvalue weighted by atomic mass is 16.6. The Morgan fingerprint density at radius 1 is 1.16 bits per heavy atom. The van der Waals surface area contributed by atoms with Crippen LogP contribution in [0.2, 0.25) is 0 Å². The van der Waals surface area contributed by atoms with Gasteiger partial charge >= 0.3 is 11.9 Å². The first-order valence-electron chi connectivity index (χ1n) is 11.0. The van der Waals surface area contributed by atoms with Crippen molar-refractivity contribution in [3.8, 4) is 0 Å². The molecule has 176 valence electrons. The molecule has 0 spiro atoms. The summed E-state index contributed by atoms with van der Waals surface area (Å²) < 4.78 is 11.6. The van der Waals surface area contributed by atoms with Gasteiger partial charge in [0, 0.05) is 49.4 Å². The summed E-state index contributed by atoms with van der Waals surface area (Å²) in [5.41, 5.74) is -4.69. The first-order valence-corrected chi connectivity index (χ1v) is 11.0. The normalized spacial score (nSPS) is 46.0. The number of aliphatic hydroxyl groups excluding tert-OH is 1. The van der Waals surface area contributed by atoms with Crippen molar-refractivity contribution in [2.24, 2.45) is 29.1 Å². The number of ketones is 1. The number of fused-ring (bicyclic) bond motifs is 5. The Hall–Kier alpha value is -2.03. The van der Waals surface area contributed by atoms with Crippen molar-refractivity contribution in [3.05, 3.63) is 23.3 Å². The maximum Gasteiger partial charge on any atom is 0.303 e. The van der Waals surface area contributed by atoms with Gasteiger partial charge < -0.3 is 24.8 Å². The van der Waals surface area contributed by atoms with Crippen LogP contribution in [0.15, 0.2) is 23.3 Å². The maximum absolute atomic E-state index is 13.0. The molecular formula is C24H32O8. The van der Waals surface area contributed by atoms with Crippen LogP contribution < -0.4 is 0 Å². The standard InChI is InChI=1S/C24H32O8/c1-11-7-17-22(29,19(11)28)9-15(10-25)8-16-18-21(5,6)24(18,32-14(4)27)20(31-13(3)26)12(2)23(16,17)30/h7-8,12,16-18,20,25,29-30H,9-10H2,1-6H3/t12-,16+,17-,18-,20-,22+,23-,24-/m1/s1. The fourth-order valence-corrected chi connectivity index (χ4v) is 7.24. The first-order chi connectivity index (χ1) is 14.7. The Kier molecular flexibility index (Phi) is 4.88. The average molecular weight is 449 g/mol. The van der Waals surface area contributed by atoms with Crippen LogP contribution in [-0.2, 0) is 23.9 Å². The van der Waals surface area contributed by atoms with E-state index in [1.165, 1.54) is 13.8 Å². The molecule has 2 fully saturated rings. The molecule has 4 aliphatic rings. The topological polar surface area (TPSA) is 130 Å². The molecule has 0 aromatic rings. The van der Waals surface area contributed by atoms with Crippen molar-refractivity contribution in [1.29, 1.82) is 0 Å². The molecule has 8 atom stereocenters. The Morgan fingerprint density at radius 3 is 2.31 bits per heavy atom. The van der Waals surface area contributed by atoms with Gasteiger partial charge in [0.15, 0.2) is 11.4 Å². The van der Waals surface area contributed by atoms with Crippen LogP contribution in [0.3, 0.4) is 0 Å². The second-order valence-corrected chi connectivity index (χ2v) is 10.6. The molecule has 0 radical (unpaired) electrons. The summed E-state index contributed by atoms with van der Waals surface area (Å²) in [4.78, 5) is 37.2. The number of rotatable bonds is 3. The predicted octanol–water partition coefficient (Wildman–Crippen LogP) is 1.07. The van der Waals surface area contributed by atoms with Gasteiger partial charge in [-0.05, 0) is 18.1 Å². The minimum Gasteiger partial charge on any atom is -0.458 e. The Labute approximate surface area is 187 Å². The number of ether oxygens (including phenoxy) is 2. The quantitative estimate of drug-likeness (QED) is 0.432. The van der Waals surface area contributed by atoms with Crippen molar-refractivity contribution in [2.75, 3.05) is 6.61 Å². The smallest absolute Gasteiger partial charge is 0.303 e. The van der Waals surface area contributed by atoms with E-state index in [1.807, 2.05) is 13.8 Å². The fourth-order valence-electron chi connectivity index (χ4n) is 7.24. The van der Waals surface area contributed by atoms with E-state index >= 15 is 0 Å². The number of hydrogen-bond acceptors (Lipinski definition) is 8. The second-order valence-electron chi connectivity index (χ2n) is 10.6. The number of esters is 2. The van der Waals surface area contributed by atoms with Crippen LogP contribution in [0.5, 0.6) is 0 Å². The van der Waals surface area contributed by atoms with Crippen LogP contribution in [-0.4, -0.2) is 62.6 Å². The predicted molar refractivity (Wildman–Crippen MR) is 112 cm³/mol. The summed E-state index contributed by atoms with van der Waals surface area (Å²) >= 11 is 0. The van der Waals surface area contributed by atoms with Crippen molar-refractivity contribution >= 4 is 17.7 Å². The monoisotopic (exact) mass is 448 g/mol. The molecule has 0 aliphatic heterocycles. The molecule has 0 aromatic heterocycles. The maximum atomic E-state index is 13.0. The molecule has 0 heterocycles. The van der Waals surface area contributed by atoms with Crippen molar-refractivity contribution < 1.29 is 39.2 Å². The molecule has 8 nitrogen and oxygen atoms in total. The number of carbonyl (C=O) groups excluding carboxylic acids is 3. The van der Waals surface area contributed by atoms with Crippen LogP contribution in [0, 0.1) is 29.1 Å². The van der Waals surface area contributed by atoms with E-state index in [0.29, 0.717) is 11.1 Å². The zero-order valence-corrected chi connectivity index (χ0v) is 19.3. The van der Waals surface area contributed by atoms with E-state index < -0.39 is 69.7 Å². The summed E-state index contributed by atoms with van der Waals surface area (Å²) in [6.07, 6.45) is 2.23. The second kappa shape index (κ2) is 6.74. The molecule has 0 aromatic carbocycles. The molecular weight excluding hydrogens is 416 g/mol. The lowest BCUT2D eigenvalue weighted by atomic mass is 9.59. The lowest BCUT2D eigenvalue weighted by Crippen LogP contribution is -2.66. The molecule has 32 heavy (non-hydrogen) atoms. The van der Waals surface area contributed by atoms with E-state index in [1.54, 1.807) is 26.0 Å². The van der Waals surface area contributed by atoms with Gasteiger partial charge in [-0.25, -0.2) is 0 Å². The number of hydrogen-bond donors (Lipinski definition) is 3. The molecule has 4 aliphatic carbocycles. The summed E-state index contributed by atoms with van der Waals surface area (Å²) in [7, 11) is 0. The van der Waals surface area contributed by atoms with Gasteiger partial charge in [-0.2, -0.15) is 0 Å². The van der Waals surface area contributed by atoms with Crippen LogP contribution >= 0.6 is 0 Å². The molecule has 4 rings (SSSR count). The third kappa shape index (κ3) is 2.57. The largest absolute Gasteiger partial charge is 0.458 e. The van der Waals surface area contributed by atoms with E-state index in [4.69, 9.17) is 9.47 Å². The zero-order chi connectivity index (χ0) is 24.0. The third-order valence-corrected chi connectivity index (χ3v) is 8.56. The summed E-state index contributed by atoms with van der Waals surface area (Å²) in [5.74, 6) is -4.49. The van der Waals surface area contributed by atoms with Gasteiger partial charge in [0.05, 0.1) is 12.2 Å². The number of Topliss-reactive ketones (excluding diaryl/α,β-unsaturated/α-hetero) is 1. The van der Waals surface area contributed by atoms with Gasteiger partial charge in [0.25, 0.3) is 0 Å². The van der Waals surface area contributed by atoms with Gasteiger partial charge in [0.1, 0.15) is 11.7 Å². The SMILES string of the molecule is CC(=O)O[C@@H]1[C@@H](C)[C@@]2(O)[C@@H](C=C(CO)C[C@@]3(O)C(=O)C(C)=C[C@@H]23)[C@@H]2C(C)(C)[C@]12OC(C)=O. The van der Waals surface area contributed by atoms with Gasteiger partial charge in [-0.1, -0.05) is 32.9 Å². The summed E-state index contributed by atoms with van der Waals surface area (Å²) in [5, 5.41) is 33.9. The summed E-state index contributed by atoms with van der Waals surface area (Å²) in [6, 6.07) is 0. The Bertz CT molecular complexity index is 963. The Morgan fingerprint density at radius 2 is 1.78 bits per heavy atom. The van der Waals surface area contributed by atoms with Crippen LogP contribution in [0.1, 0.15) is 48.0 Å². The lowest BCUT2D eigenvalue weighted by molar-refractivity contribution is -0.227. The highest BCUT2D eigenvalue weighted by Gasteiger charge is 2.87. The molecule has 0 saturated heterocycles. The lowest BCUT2D eigenvalue weighted by Gasteiger charge is -2.53. The molecule has 3 N–H and O–H groups in total. The first kappa shape index (κ1) is 23.1. The highest BCUT2D eigenvalue weighted by Crippen LogP contribution is 2.77. The van der Waals surface area contributed by atoms with Crippen molar-refractivity contribution in [3.63, 3.8) is 0 Å². The Balaban J connectivity index is 1.97. The van der Waals surface area contributed by atoms with Crippen LogP contribution in [0.25, 0.3) is 0 Å². The zero-order valence-electron chi connectivity index (χ0n) is 19.3. The van der Waals surface area contributed by atoms with Gasteiger partial charge in [0.2, 0.25) is 0 Å². The van der Waals surface area contributed by atoms with Crippen molar-refractivity contribution in [1.82, 2.24) is 0 Å². The van der Waals surface area contributed by atoms with Gasteiger partial charge in [-0.15, -0.1) is 0 Å². The number of carbonyl (C=O) groups is 3. The van der Waals surface area contributed by atoms with E-state index in [9.17, 15) is 29.7 Å². The van der Waals surface area contributed by atoms with Gasteiger partial charge in [-0.3, -0.25) is 14.4 Å². The molecule has 0 amide bonds. The van der Waals surface area contributed by atoms with Crippen molar-refractivity contribution in [2.45, 2.75) is 70.9 Å². The minimum absolute atomic E-state index is 0.113. The number of aliphatic hydroxyl groups is 3. The fraction of sp³-hybridized carbons (Fsp3) is 0.708. The summed E-state index contributed by atoms with van der Waals surface area (Å²) in [6.45, 7) is 9.23. The van der Waals surface area contributed by atoms with E-state index in [0.717, 1.165) is 0 Å². The van der Waals surface area contributed by atoms with E-state index in [2.05, 4.69) is 0 Å². The molecule has 8 heteroatoms. The molecule has 0 unspecified atom stereocenters. The third-order valence-electron chi connectivity index (χ3n) is 8.56. The minimum atomic E-state index is -1.92. The van der Waals surface area contributed by atoms with E-state index in [-0.39, 0.29) is 13.0 Å².